The Labute approximate surface area is 148 Å². The van der Waals surface area contributed by atoms with Crippen LogP contribution in [0.1, 0.15) is 38.3 Å². The van der Waals surface area contributed by atoms with Crippen molar-refractivity contribution in [3.8, 4) is 5.75 Å². The minimum absolute atomic E-state index is 0. The Morgan fingerprint density at radius 2 is 1.79 bits per heavy atom. The standard InChI is InChI=1S/C17H25F3N2O.ClH/c1-3-21-12-14-8-10-22(11-9-14)13(2)15-4-6-16(7-5-15)23-17(18,19)20;/h4-7,13-14,21H,3,8-12H2,1-2H3;1H. The number of hydrogen-bond donors (Lipinski definition) is 1. The summed E-state index contributed by atoms with van der Waals surface area (Å²) in [5.41, 5.74) is 1.02. The molecular weight excluding hydrogens is 341 g/mol. The van der Waals surface area contributed by atoms with E-state index in [-0.39, 0.29) is 24.2 Å². The largest absolute Gasteiger partial charge is 0.573 e. The van der Waals surface area contributed by atoms with Crippen LogP contribution in [0.25, 0.3) is 0 Å². The number of rotatable bonds is 6. The molecule has 0 bridgehead atoms. The van der Waals surface area contributed by atoms with Crippen molar-refractivity contribution < 1.29 is 17.9 Å². The van der Waals surface area contributed by atoms with Crippen LogP contribution >= 0.6 is 12.4 Å². The molecule has 1 N–H and O–H groups in total. The fourth-order valence-corrected chi connectivity index (χ4v) is 3.05. The minimum atomic E-state index is -4.64. The number of piperidine rings is 1. The van der Waals surface area contributed by atoms with Crippen molar-refractivity contribution >= 4 is 12.4 Å². The molecule has 0 saturated carbocycles. The van der Waals surface area contributed by atoms with E-state index in [1.54, 1.807) is 12.1 Å². The van der Waals surface area contributed by atoms with Gasteiger partial charge in [-0.3, -0.25) is 4.90 Å². The predicted molar refractivity (Wildman–Crippen MR) is 91.6 cm³/mol. The molecule has 1 aliphatic heterocycles. The van der Waals surface area contributed by atoms with Crippen LogP contribution < -0.4 is 10.1 Å². The molecule has 1 atom stereocenters. The maximum Gasteiger partial charge on any atom is 0.573 e. The van der Waals surface area contributed by atoms with Gasteiger partial charge >= 0.3 is 6.36 Å². The lowest BCUT2D eigenvalue weighted by Crippen LogP contribution is -2.38. The number of benzene rings is 1. The molecule has 1 heterocycles. The number of hydrogen-bond acceptors (Lipinski definition) is 3. The summed E-state index contributed by atoms with van der Waals surface area (Å²) in [6, 6.07) is 6.41. The van der Waals surface area contributed by atoms with Crippen molar-refractivity contribution in [2.75, 3.05) is 26.2 Å². The van der Waals surface area contributed by atoms with Crippen molar-refractivity contribution in [2.24, 2.45) is 5.92 Å². The van der Waals surface area contributed by atoms with Crippen molar-refractivity contribution in [3.63, 3.8) is 0 Å². The van der Waals surface area contributed by atoms with E-state index in [2.05, 4.69) is 28.8 Å². The first-order valence-electron chi connectivity index (χ1n) is 8.19. The maximum absolute atomic E-state index is 12.2. The van der Waals surface area contributed by atoms with Gasteiger partial charge < -0.3 is 10.1 Å². The van der Waals surface area contributed by atoms with E-state index in [0.29, 0.717) is 0 Å². The van der Waals surface area contributed by atoms with Gasteiger partial charge in [0.2, 0.25) is 0 Å². The average Bonchev–Trinajstić information content (AvgIpc) is 2.52. The zero-order valence-electron chi connectivity index (χ0n) is 14.1. The molecule has 0 aromatic heterocycles. The van der Waals surface area contributed by atoms with Gasteiger partial charge in [0.15, 0.2) is 0 Å². The molecule has 0 amide bonds. The molecule has 1 aromatic rings. The van der Waals surface area contributed by atoms with Crippen LogP contribution in [0.15, 0.2) is 24.3 Å². The van der Waals surface area contributed by atoms with Gasteiger partial charge in [0.25, 0.3) is 0 Å². The lowest BCUT2D eigenvalue weighted by atomic mass is 9.94. The SMILES string of the molecule is CCNCC1CCN(C(C)c2ccc(OC(F)(F)F)cc2)CC1.Cl. The third-order valence-electron chi connectivity index (χ3n) is 4.48. The highest BCUT2D eigenvalue weighted by molar-refractivity contribution is 5.85. The summed E-state index contributed by atoms with van der Waals surface area (Å²) in [6.45, 7) is 8.34. The highest BCUT2D eigenvalue weighted by Crippen LogP contribution is 2.29. The maximum atomic E-state index is 12.2. The van der Waals surface area contributed by atoms with Gasteiger partial charge in [-0.25, -0.2) is 0 Å². The molecular formula is C17H26ClF3N2O. The second kappa shape index (κ2) is 9.49. The zero-order chi connectivity index (χ0) is 16.9. The quantitative estimate of drug-likeness (QED) is 0.808. The molecule has 2 rings (SSSR count). The Morgan fingerprint density at radius 3 is 2.29 bits per heavy atom. The molecule has 3 nitrogen and oxygen atoms in total. The number of alkyl halides is 3. The lowest BCUT2D eigenvalue weighted by Gasteiger charge is -2.36. The average molecular weight is 367 g/mol. The fourth-order valence-electron chi connectivity index (χ4n) is 3.05. The second-order valence-corrected chi connectivity index (χ2v) is 6.08. The van der Waals surface area contributed by atoms with Gasteiger partial charge in [-0.2, -0.15) is 0 Å². The summed E-state index contributed by atoms with van der Waals surface area (Å²) in [5.74, 6) is 0.554. The Morgan fingerprint density at radius 1 is 1.21 bits per heavy atom. The van der Waals surface area contributed by atoms with Crippen molar-refractivity contribution in [1.29, 1.82) is 0 Å². The number of halogens is 4. The van der Waals surface area contributed by atoms with E-state index < -0.39 is 6.36 Å². The van der Waals surface area contributed by atoms with Gasteiger partial charge in [0.1, 0.15) is 5.75 Å². The van der Waals surface area contributed by atoms with E-state index in [1.165, 1.54) is 12.1 Å². The van der Waals surface area contributed by atoms with Gasteiger partial charge in [-0.15, -0.1) is 25.6 Å². The first-order chi connectivity index (χ1) is 10.9. The van der Waals surface area contributed by atoms with Crippen LogP contribution in [0.2, 0.25) is 0 Å². The van der Waals surface area contributed by atoms with Crippen LogP contribution in [-0.4, -0.2) is 37.4 Å². The summed E-state index contributed by atoms with van der Waals surface area (Å²) >= 11 is 0. The highest BCUT2D eigenvalue weighted by atomic mass is 35.5. The summed E-state index contributed by atoms with van der Waals surface area (Å²) in [7, 11) is 0. The van der Waals surface area contributed by atoms with Crippen LogP contribution in [0.4, 0.5) is 13.2 Å². The van der Waals surface area contributed by atoms with E-state index in [0.717, 1.165) is 50.5 Å². The highest BCUT2D eigenvalue weighted by Gasteiger charge is 2.31. The van der Waals surface area contributed by atoms with Gasteiger partial charge in [-0.05, 0) is 69.6 Å². The van der Waals surface area contributed by atoms with Gasteiger partial charge in [0, 0.05) is 6.04 Å². The van der Waals surface area contributed by atoms with Crippen LogP contribution in [-0.2, 0) is 0 Å². The molecule has 1 aromatic carbocycles. The molecule has 0 spiro atoms. The summed E-state index contributed by atoms with van der Waals surface area (Å²) in [5, 5.41) is 3.39. The number of ether oxygens (including phenoxy) is 1. The van der Waals surface area contributed by atoms with Crippen molar-refractivity contribution in [1.82, 2.24) is 10.2 Å². The molecule has 0 radical (unpaired) electrons. The summed E-state index contributed by atoms with van der Waals surface area (Å²) < 4.78 is 40.5. The molecule has 0 aliphatic carbocycles. The van der Waals surface area contributed by atoms with Crippen molar-refractivity contribution in [3.05, 3.63) is 29.8 Å². The van der Waals surface area contributed by atoms with Crippen LogP contribution in [0.3, 0.4) is 0 Å². The third kappa shape index (κ3) is 6.49. The van der Waals surface area contributed by atoms with Crippen LogP contribution in [0, 0.1) is 5.92 Å². The Balaban J connectivity index is 0.00000288. The first kappa shape index (κ1) is 21.1. The first-order valence-corrected chi connectivity index (χ1v) is 8.19. The molecule has 138 valence electrons. The molecule has 1 fully saturated rings. The lowest BCUT2D eigenvalue weighted by molar-refractivity contribution is -0.274. The smallest absolute Gasteiger partial charge is 0.406 e. The minimum Gasteiger partial charge on any atom is -0.406 e. The fraction of sp³-hybridized carbons (Fsp3) is 0.647. The van der Waals surface area contributed by atoms with Gasteiger partial charge in [0.05, 0.1) is 0 Å². The zero-order valence-corrected chi connectivity index (χ0v) is 14.9. The molecule has 7 heteroatoms. The summed E-state index contributed by atoms with van der Waals surface area (Å²) in [6.07, 6.45) is -2.32. The Kier molecular flexibility index (Phi) is 8.33. The Bertz CT molecular complexity index is 474. The topological polar surface area (TPSA) is 24.5 Å². The van der Waals surface area contributed by atoms with E-state index in [1.807, 2.05) is 0 Å². The number of likely N-dealkylation sites (tertiary alicyclic amines) is 1. The molecule has 1 saturated heterocycles. The normalized spacial score (nSPS) is 18.0. The monoisotopic (exact) mass is 366 g/mol. The molecule has 24 heavy (non-hydrogen) atoms. The van der Waals surface area contributed by atoms with E-state index in [4.69, 9.17) is 0 Å². The van der Waals surface area contributed by atoms with Crippen LogP contribution in [0.5, 0.6) is 5.75 Å². The molecule has 1 aliphatic rings. The van der Waals surface area contributed by atoms with E-state index in [9.17, 15) is 13.2 Å². The second-order valence-electron chi connectivity index (χ2n) is 6.08. The molecule has 1 unspecified atom stereocenters. The summed E-state index contributed by atoms with van der Waals surface area (Å²) in [4.78, 5) is 2.39. The Hall–Kier alpha value is -0.980. The third-order valence-corrected chi connectivity index (χ3v) is 4.48. The number of nitrogens with zero attached hydrogens (tertiary/aromatic N) is 1. The van der Waals surface area contributed by atoms with Gasteiger partial charge in [-0.1, -0.05) is 19.1 Å². The number of nitrogens with one attached hydrogen (secondary N) is 1. The van der Waals surface area contributed by atoms with E-state index >= 15 is 0 Å². The predicted octanol–water partition coefficient (Wildman–Crippen LogP) is 4.39. The van der Waals surface area contributed by atoms with Crippen molar-refractivity contribution in [2.45, 2.75) is 39.1 Å².